The molecule has 1 aromatic rings. The van der Waals surface area contributed by atoms with Crippen LogP contribution in [0.25, 0.3) is 0 Å². The SMILES string of the molecule is CCCN(CC)c1nc(N)nc(N(CC)CC)n1. The summed E-state index contributed by atoms with van der Waals surface area (Å²) >= 11 is 0. The molecule has 0 aliphatic heterocycles. The summed E-state index contributed by atoms with van der Waals surface area (Å²) in [5.41, 5.74) is 5.78. The zero-order chi connectivity index (χ0) is 13.5. The summed E-state index contributed by atoms with van der Waals surface area (Å²) in [6, 6.07) is 0. The second kappa shape index (κ2) is 6.98. The van der Waals surface area contributed by atoms with Crippen LogP contribution in [0, 0.1) is 0 Å². The van der Waals surface area contributed by atoms with Crippen LogP contribution in [0.5, 0.6) is 0 Å². The quantitative estimate of drug-likeness (QED) is 0.793. The van der Waals surface area contributed by atoms with E-state index in [4.69, 9.17) is 5.73 Å². The van der Waals surface area contributed by atoms with E-state index in [2.05, 4.69) is 52.4 Å². The minimum Gasteiger partial charge on any atom is -0.368 e. The summed E-state index contributed by atoms with van der Waals surface area (Å²) in [5.74, 6) is 1.63. The summed E-state index contributed by atoms with van der Waals surface area (Å²) in [7, 11) is 0. The number of aromatic nitrogens is 3. The standard InChI is InChI=1S/C12H24N6/c1-5-9-18(8-4)12-15-10(13)14-11(16-12)17(6-2)7-3/h5-9H2,1-4H3,(H2,13,14,15,16). The van der Waals surface area contributed by atoms with E-state index < -0.39 is 0 Å². The Morgan fingerprint density at radius 1 is 0.833 bits per heavy atom. The lowest BCUT2D eigenvalue weighted by Gasteiger charge is -2.23. The molecule has 6 heteroatoms. The number of hydrogen-bond acceptors (Lipinski definition) is 6. The highest BCUT2D eigenvalue weighted by Gasteiger charge is 2.13. The molecule has 1 aromatic heterocycles. The maximum Gasteiger partial charge on any atom is 0.231 e. The summed E-state index contributed by atoms with van der Waals surface area (Å²) in [5, 5.41) is 0. The Balaban J connectivity index is 3.05. The van der Waals surface area contributed by atoms with E-state index in [1.165, 1.54) is 0 Å². The molecule has 102 valence electrons. The molecule has 0 bridgehead atoms. The third-order valence-corrected chi connectivity index (χ3v) is 2.83. The van der Waals surface area contributed by atoms with E-state index in [1.807, 2.05) is 0 Å². The van der Waals surface area contributed by atoms with Crippen LogP contribution in [0.4, 0.5) is 17.8 Å². The van der Waals surface area contributed by atoms with Gasteiger partial charge in [0.25, 0.3) is 0 Å². The first kappa shape index (κ1) is 14.5. The average Bonchev–Trinajstić information content (AvgIpc) is 2.36. The molecule has 0 amide bonds. The first-order valence-corrected chi connectivity index (χ1v) is 6.67. The van der Waals surface area contributed by atoms with Gasteiger partial charge in [0.1, 0.15) is 0 Å². The lowest BCUT2D eigenvalue weighted by molar-refractivity contribution is 0.746. The molecule has 6 nitrogen and oxygen atoms in total. The van der Waals surface area contributed by atoms with E-state index in [1.54, 1.807) is 0 Å². The molecule has 2 N–H and O–H groups in total. The van der Waals surface area contributed by atoms with Crippen molar-refractivity contribution in [3.8, 4) is 0 Å². The maximum atomic E-state index is 5.78. The number of hydrogen-bond donors (Lipinski definition) is 1. The predicted molar refractivity (Wildman–Crippen MR) is 76.0 cm³/mol. The van der Waals surface area contributed by atoms with Crippen LogP contribution in [0.2, 0.25) is 0 Å². The Kier molecular flexibility index (Phi) is 5.61. The van der Waals surface area contributed by atoms with Crippen LogP contribution in [0.1, 0.15) is 34.1 Å². The van der Waals surface area contributed by atoms with Gasteiger partial charge in [-0.05, 0) is 27.2 Å². The minimum atomic E-state index is 0.288. The van der Waals surface area contributed by atoms with Crippen molar-refractivity contribution < 1.29 is 0 Å². The van der Waals surface area contributed by atoms with E-state index in [9.17, 15) is 0 Å². The third-order valence-electron chi connectivity index (χ3n) is 2.83. The molecule has 18 heavy (non-hydrogen) atoms. The van der Waals surface area contributed by atoms with Crippen LogP contribution in [-0.4, -0.2) is 41.1 Å². The molecule has 0 aliphatic carbocycles. The van der Waals surface area contributed by atoms with Gasteiger partial charge in [-0.1, -0.05) is 6.92 Å². The number of nitrogens with two attached hydrogens (primary N) is 1. The second-order valence-electron chi connectivity index (χ2n) is 4.05. The first-order chi connectivity index (χ1) is 8.65. The Hall–Kier alpha value is -1.59. The van der Waals surface area contributed by atoms with E-state index >= 15 is 0 Å². The molecule has 0 fully saturated rings. The third kappa shape index (κ3) is 3.45. The lowest BCUT2D eigenvalue weighted by atomic mass is 10.4. The van der Waals surface area contributed by atoms with Crippen molar-refractivity contribution in [1.82, 2.24) is 15.0 Å². The summed E-state index contributed by atoms with van der Waals surface area (Å²) in [6.07, 6.45) is 1.06. The molecule has 1 rings (SSSR count). The molecule has 0 radical (unpaired) electrons. The van der Waals surface area contributed by atoms with Gasteiger partial charge < -0.3 is 15.5 Å². The number of rotatable bonds is 7. The van der Waals surface area contributed by atoms with E-state index in [-0.39, 0.29) is 5.95 Å². The fraction of sp³-hybridized carbons (Fsp3) is 0.750. The second-order valence-corrected chi connectivity index (χ2v) is 4.05. The lowest BCUT2D eigenvalue weighted by Crippen LogP contribution is -2.29. The van der Waals surface area contributed by atoms with Gasteiger partial charge in [0.15, 0.2) is 0 Å². The fourth-order valence-corrected chi connectivity index (χ4v) is 1.83. The molecule has 0 saturated carbocycles. The van der Waals surface area contributed by atoms with Crippen molar-refractivity contribution in [3.63, 3.8) is 0 Å². The molecule has 1 heterocycles. The van der Waals surface area contributed by atoms with Crippen molar-refractivity contribution in [2.75, 3.05) is 41.7 Å². The Morgan fingerprint density at radius 3 is 1.78 bits per heavy atom. The van der Waals surface area contributed by atoms with Crippen LogP contribution in [0.3, 0.4) is 0 Å². The average molecular weight is 252 g/mol. The zero-order valence-corrected chi connectivity index (χ0v) is 11.8. The molecule has 0 atom stereocenters. The van der Waals surface area contributed by atoms with Crippen molar-refractivity contribution in [2.24, 2.45) is 0 Å². The van der Waals surface area contributed by atoms with Gasteiger partial charge in [-0.15, -0.1) is 0 Å². The molecular weight excluding hydrogens is 228 g/mol. The van der Waals surface area contributed by atoms with Crippen LogP contribution >= 0.6 is 0 Å². The Bertz CT molecular complexity index is 364. The highest BCUT2D eigenvalue weighted by Crippen LogP contribution is 2.15. The van der Waals surface area contributed by atoms with E-state index in [0.717, 1.165) is 32.6 Å². The number of anilines is 3. The fourth-order valence-electron chi connectivity index (χ4n) is 1.83. The van der Waals surface area contributed by atoms with Crippen molar-refractivity contribution in [1.29, 1.82) is 0 Å². The highest BCUT2D eigenvalue weighted by molar-refractivity contribution is 5.43. The Morgan fingerprint density at radius 2 is 1.33 bits per heavy atom. The largest absolute Gasteiger partial charge is 0.368 e. The first-order valence-electron chi connectivity index (χ1n) is 6.67. The van der Waals surface area contributed by atoms with Crippen molar-refractivity contribution in [3.05, 3.63) is 0 Å². The van der Waals surface area contributed by atoms with Crippen molar-refractivity contribution in [2.45, 2.75) is 34.1 Å². The number of nitrogen functional groups attached to an aromatic ring is 1. The summed E-state index contributed by atoms with van der Waals surface area (Å²) in [6.45, 7) is 11.9. The van der Waals surface area contributed by atoms with Gasteiger partial charge in [-0.3, -0.25) is 0 Å². The highest BCUT2D eigenvalue weighted by atomic mass is 15.3. The van der Waals surface area contributed by atoms with Gasteiger partial charge in [-0.25, -0.2) is 0 Å². The van der Waals surface area contributed by atoms with Gasteiger partial charge in [0.05, 0.1) is 0 Å². The van der Waals surface area contributed by atoms with Crippen LogP contribution < -0.4 is 15.5 Å². The molecule has 0 aromatic carbocycles. The molecular formula is C12H24N6. The van der Waals surface area contributed by atoms with Gasteiger partial charge in [0, 0.05) is 26.2 Å². The molecule has 0 aliphatic rings. The van der Waals surface area contributed by atoms with Gasteiger partial charge in [-0.2, -0.15) is 15.0 Å². The van der Waals surface area contributed by atoms with Gasteiger partial charge in [0.2, 0.25) is 17.8 Å². The minimum absolute atomic E-state index is 0.288. The molecule has 0 spiro atoms. The van der Waals surface area contributed by atoms with Crippen LogP contribution in [-0.2, 0) is 0 Å². The molecule has 0 saturated heterocycles. The zero-order valence-electron chi connectivity index (χ0n) is 11.8. The normalized spacial score (nSPS) is 10.4. The Labute approximate surface area is 109 Å². The summed E-state index contributed by atoms with van der Waals surface area (Å²) in [4.78, 5) is 17.1. The maximum absolute atomic E-state index is 5.78. The van der Waals surface area contributed by atoms with Crippen LogP contribution in [0.15, 0.2) is 0 Å². The topological polar surface area (TPSA) is 71.2 Å². The number of nitrogens with zero attached hydrogens (tertiary/aromatic N) is 5. The molecule has 0 unspecified atom stereocenters. The van der Waals surface area contributed by atoms with E-state index in [0.29, 0.717) is 11.9 Å². The predicted octanol–water partition coefficient (Wildman–Crippen LogP) is 1.54. The van der Waals surface area contributed by atoms with Crippen molar-refractivity contribution >= 4 is 17.8 Å². The van der Waals surface area contributed by atoms with Gasteiger partial charge >= 0.3 is 0 Å². The summed E-state index contributed by atoms with van der Waals surface area (Å²) < 4.78 is 0. The monoisotopic (exact) mass is 252 g/mol. The smallest absolute Gasteiger partial charge is 0.231 e.